The number of nitrogens with zero attached hydrogens (tertiary/aromatic N) is 2. The van der Waals surface area contributed by atoms with Crippen LogP contribution in [0.15, 0.2) is 16.6 Å². The van der Waals surface area contributed by atoms with Crippen LogP contribution in [0.4, 0.5) is 0 Å². The van der Waals surface area contributed by atoms with E-state index in [1.807, 2.05) is 20.0 Å². The molecule has 0 radical (unpaired) electrons. The minimum absolute atomic E-state index is 0.111. The third-order valence-electron chi connectivity index (χ3n) is 14.6. The smallest absolute Gasteiger partial charge is 0.307 e. The van der Waals surface area contributed by atoms with E-state index in [0.29, 0.717) is 44.7 Å². The van der Waals surface area contributed by atoms with Gasteiger partial charge in [0.05, 0.1) is 32.3 Å². The van der Waals surface area contributed by atoms with Crippen molar-refractivity contribution in [1.82, 2.24) is 10.6 Å². The fourth-order valence-electron chi connectivity index (χ4n) is 12.0. The number of carbonyl (C=O) groups is 2. The molecular weight excluding hydrogens is 620 g/mol. The molecule has 0 aromatic carbocycles. The lowest BCUT2D eigenvalue weighted by atomic mass is 9.34. The molecule has 4 fully saturated rings. The number of hydrogen-bond acceptors (Lipinski definition) is 7. The van der Waals surface area contributed by atoms with Crippen LogP contribution in [0.2, 0.25) is 0 Å². The molecule has 1 aliphatic heterocycles. The number of rotatable bonds is 9. The van der Waals surface area contributed by atoms with Gasteiger partial charge in [0.15, 0.2) is 6.19 Å². The summed E-state index contributed by atoms with van der Waals surface area (Å²) in [6.45, 7) is 23.0. The third-order valence-corrected chi connectivity index (χ3v) is 14.6. The molecule has 274 valence electrons. The van der Waals surface area contributed by atoms with Crippen LogP contribution < -0.4 is 10.6 Å². The minimum Gasteiger partial charge on any atom is -0.481 e. The van der Waals surface area contributed by atoms with Crippen LogP contribution in [0.3, 0.4) is 0 Å². The van der Waals surface area contributed by atoms with Crippen LogP contribution in [0.5, 0.6) is 0 Å². The van der Waals surface area contributed by atoms with Crippen LogP contribution in [0.1, 0.15) is 108 Å². The number of carbonyl (C=O) groups excluding carboxylic acids is 1. The highest BCUT2D eigenvalue weighted by atomic mass is 16.6. The van der Waals surface area contributed by atoms with E-state index >= 15 is 0 Å². The van der Waals surface area contributed by atoms with Gasteiger partial charge in [0, 0.05) is 23.8 Å². The molecule has 0 aromatic heterocycles. The number of allylic oxidation sites excluding steroid dienone is 1. The Morgan fingerprint density at radius 3 is 2.43 bits per heavy atom. The average Bonchev–Trinajstić information content (AvgIpc) is 2.99. The number of nitriles is 1. The van der Waals surface area contributed by atoms with E-state index in [1.54, 1.807) is 0 Å². The summed E-state index contributed by atoms with van der Waals surface area (Å²) in [4.78, 5) is 30.5. The Labute approximate surface area is 294 Å². The third kappa shape index (κ3) is 5.99. The zero-order chi connectivity index (χ0) is 36.2. The zero-order valence-electron chi connectivity index (χ0n) is 31.7. The summed E-state index contributed by atoms with van der Waals surface area (Å²) >= 11 is 0. The van der Waals surface area contributed by atoms with Crippen molar-refractivity contribution in [3.8, 4) is 6.19 Å². The molecule has 3 saturated carbocycles. The maximum Gasteiger partial charge on any atom is 0.307 e. The Hall–Kier alpha value is -2.64. The highest BCUT2D eigenvalue weighted by Crippen LogP contribution is 2.75. The van der Waals surface area contributed by atoms with Crippen LogP contribution >= 0.6 is 0 Å². The van der Waals surface area contributed by atoms with E-state index in [-0.39, 0.29) is 52.1 Å². The second kappa shape index (κ2) is 13.5. The molecule has 1 unspecified atom stereocenters. The maximum absolute atomic E-state index is 13.4. The second-order valence-electron chi connectivity index (χ2n) is 17.8. The lowest BCUT2D eigenvalue weighted by molar-refractivity contribution is -0.266. The Bertz CT molecular complexity index is 1390. The molecule has 3 N–H and O–H groups in total. The molecule has 5 rings (SSSR count). The van der Waals surface area contributed by atoms with Gasteiger partial charge in [-0.2, -0.15) is 5.26 Å². The van der Waals surface area contributed by atoms with Crippen molar-refractivity contribution in [2.75, 3.05) is 26.4 Å². The zero-order valence-corrected chi connectivity index (χ0v) is 31.7. The molecule has 1 saturated heterocycles. The summed E-state index contributed by atoms with van der Waals surface area (Å²) in [6.07, 6.45) is 8.75. The van der Waals surface area contributed by atoms with Crippen molar-refractivity contribution >= 4 is 17.9 Å². The van der Waals surface area contributed by atoms with Crippen LogP contribution in [0.25, 0.3) is 0 Å². The quantitative estimate of drug-likeness (QED) is 0.0485. The standard InChI is InChI=1S/C39H62N4O6/c1-23(2)25(5)35(7)15-16-37(9)27-11-12-30-36(8)20-47-21-39(30,28(27)13-14-38(37,10)31(35)33(45)46)19-29(49-26(6)44)32(36)48-18-17-41-34(42-22-40)43-24(3)4/h13,23-25,27,29-32H,11-12,14-21H2,1-10H3,(H,45,46)(H2,41,42,43)/t25-,27+,29-,30?,31-,32+,35-,36-,37-,38+,39+/m1/s1. The van der Waals surface area contributed by atoms with E-state index in [1.165, 1.54) is 12.5 Å². The SMILES string of the molecule is CC(=O)O[C@@H]1C[C@@]23COC[C@](C)(C2CC[C@H]2C3=CC[C@@]3(C)[C@H](C(=O)O)[C@@](C)([C@H](C)C(C)C)CC[C@]23C)[C@H]1OCCN=C(NC#N)NC(C)C. The number of ether oxygens (including phenoxy) is 3. The molecule has 5 aliphatic rings. The van der Waals surface area contributed by atoms with Crippen molar-refractivity contribution in [2.24, 2.45) is 61.7 Å². The van der Waals surface area contributed by atoms with Gasteiger partial charge in [-0.3, -0.25) is 19.9 Å². The largest absolute Gasteiger partial charge is 0.481 e. The molecule has 0 amide bonds. The van der Waals surface area contributed by atoms with E-state index in [9.17, 15) is 14.7 Å². The number of hydrogen-bond donors (Lipinski definition) is 3. The molecule has 0 aromatic rings. The van der Waals surface area contributed by atoms with Crippen LogP contribution in [-0.4, -0.2) is 67.6 Å². The molecule has 10 nitrogen and oxygen atoms in total. The van der Waals surface area contributed by atoms with E-state index < -0.39 is 28.8 Å². The van der Waals surface area contributed by atoms with Crippen LogP contribution in [0, 0.1) is 68.1 Å². The van der Waals surface area contributed by atoms with Gasteiger partial charge >= 0.3 is 11.9 Å². The summed E-state index contributed by atoms with van der Waals surface area (Å²) < 4.78 is 19.3. The van der Waals surface area contributed by atoms with Gasteiger partial charge in [0.1, 0.15) is 12.2 Å². The maximum atomic E-state index is 13.4. The molecule has 1 heterocycles. The monoisotopic (exact) mass is 682 g/mol. The summed E-state index contributed by atoms with van der Waals surface area (Å²) in [5.41, 5.74) is -0.187. The first-order chi connectivity index (χ1) is 22.9. The number of carboxylic acids is 1. The van der Waals surface area contributed by atoms with Crippen molar-refractivity contribution in [3.63, 3.8) is 0 Å². The Kier molecular flexibility index (Phi) is 10.4. The topological polar surface area (TPSA) is 142 Å². The predicted molar refractivity (Wildman–Crippen MR) is 188 cm³/mol. The average molecular weight is 683 g/mol. The van der Waals surface area contributed by atoms with Gasteiger partial charge in [-0.1, -0.05) is 60.1 Å². The number of aliphatic carboxylic acids is 1. The number of esters is 1. The first-order valence-electron chi connectivity index (χ1n) is 18.7. The molecular formula is C39H62N4O6. The van der Waals surface area contributed by atoms with E-state index in [0.717, 1.165) is 32.1 Å². The second-order valence-corrected chi connectivity index (χ2v) is 17.8. The lowest BCUT2D eigenvalue weighted by Crippen LogP contribution is -2.70. The number of carboxylic acid groups (broad SMARTS) is 1. The highest BCUT2D eigenvalue weighted by molar-refractivity contribution is 5.81. The predicted octanol–water partition coefficient (Wildman–Crippen LogP) is 6.32. The first-order valence-corrected chi connectivity index (χ1v) is 18.7. The molecule has 49 heavy (non-hydrogen) atoms. The summed E-state index contributed by atoms with van der Waals surface area (Å²) in [5, 5.41) is 25.9. The Balaban J connectivity index is 1.49. The van der Waals surface area contributed by atoms with Gasteiger partial charge in [-0.25, -0.2) is 0 Å². The fraction of sp³-hybridized carbons (Fsp3) is 0.846. The molecule has 11 atom stereocenters. The molecule has 0 spiro atoms. The molecule has 4 aliphatic carbocycles. The van der Waals surface area contributed by atoms with Gasteiger partial charge in [0.25, 0.3) is 0 Å². The van der Waals surface area contributed by atoms with Crippen molar-refractivity contribution < 1.29 is 28.9 Å². The highest BCUT2D eigenvalue weighted by Gasteiger charge is 2.72. The van der Waals surface area contributed by atoms with Gasteiger partial charge in [0.2, 0.25) is 5.96 Å². The van der Waals surface area contributed by atoms with Crippen LogP contribution in [-0.2, 0) is 23.8 Å². The number of nitrogens with one attached hydrogen (secondary N) is 2. The Morgan fingerprint density at radius 1 is 1.10 bits per heavy atom. The first kappa shape index (κ1) is 37.6. The van der Waals surface area contributed by atoms with Gasteiger partial charge in [-0.05, 0) is 92.3 Å². The Morgan fingerprint density at radius 2 is 1.82 bits per heavy atom. The lowest BCUT2D eigenvalue weighted by Gasteiger charge is -2.71. The normalized spacial score (nSPS) is 42.1. The van der Waals surface area contributed by atoms with E-state index in [2.05, 4.69) is 70.2 Å². The summed E-state index contributed by atoms with van der Waals surface area (Å²) in [7, 11) is 0. The van der Waals surface area contributed by atoms with Crippen molar-refractivity contribution in [1.29, 1.82) is 5.26 Å². The minimum atomic E-state index is -0.659. The summed E-state index contributed by atoms with van der Waals surface area (Å²) in [6, 6.07) is 0.111. The van der Waals surface area contributed by atoms with Gasteiger partial charge < -0.3 is 24.6 Å². The fourth-order valence-corrected chi connectivity index (χ4v) is 12.0. The van der Waals surface area contributed by atoms with Crippen molar-refractivity contribution in [3.05, 3.63) is 11.6 Å². The molecule has 2 bridgehead atoms. The number of guanidine groups is 1. The van der Waals surface area contributed by atoms with E-state index in [4.69, 9.17) is 19.5 Å². The van der Waals surface area contributed by atoms with Gasteiger partial charge in [-0.15, -0.1) is 0 Å². The number of aliphatic imine (C=N–C) groups is 1. The van der Waals surface area contributed by atoms with Crippen molar-refractivity contribution in [2.45, 2.75) is 126 Å². The number of fused-ring (bicyclic) bond motifs is 3. The summed E-state index contributed by atoms with van der Waals surface area (Å²) in [5.74, 6) is 0.166. The molecule has 10 heteroatoms.